The minimum Gasteiger partial charge on any atom is -0.317 e. The minimum atomic E-state index is -0.123. The molecule has 2 N–H and O–H groups in total. The summed E-state index contributed by atoms with van der Waals surface area (Å²) >= 11 is 0. The van der Waals surface area contributed by atoms with E-state index >= 15 is 0 Å². The van der Waals surface area contributed by atoms with Crippen LogP contribution in [0, 0.1) is 0 Å². The fourth-order valence-electron chi connectivity index (χ4n) is 3.63. The lowest BCUT2D eigenvalue weighted by molar-refractivity contribution is -0.120. The third-order valence-corrected chi connectivity index (χ3v) is 5.29. The summed E-state index contributed by atoms with van der Waals surface area (Å²) in [4.78, 5) is 19.5. The average molecular weight is 371 g/mol. The van der Waals surface area contributed by atoms with E-state index in [-0.39, 0.29) is 24.4 Å². The second-order valence-corrected chi connectivity index (χ2v) is 7.06. The van der Waals surface area contributed by atoms with Crippen molar-refractivity contribution in [3.63, 3.8) is 0 Å². The van der Waals surface area contributed by atoms with E-state index in [4.69, 9.17) is 0 Å². The van der Waals surface area contributed by atoms with Crippen LogP contribution >= 0.6 is 12.4 Å². The van der Waals surface area contributed by atoms with Crippen molar-refractivity contribution in [2.45, 2.75) is 57.4 Å². The number of piperidine rings is 1. The molecule has 0 aromatic carbocycles. The first-order valence-electron chi connectivity index (χ1n) is 9.31. The van der Waals surface area contributed by atoms with Gasteiger partial charge < -0.3 is 5.32 Å². The van der Waals surface area contributed by atoms with Gasteiger partial charge in [-0.15, -0.1) is 12.4 Å². The minimum absolute atomic E-state index is 0. The van der Waals surface area contributed by atoms with Crippen molar-refractivity contribution in [3.05, 3.63) is 5.82 Å². The Morgan fingerprint density at radius 2 is 1.84 bits per heavy atom. The first-order chi connectivity index (χ1) is 11.6. The number of hydrogen-bond donors (Lipinski definition) is 2. The summed E-state index contributed by atoms with van der Waals surface area (Å²) in [5.41, 5.74) is 0. The van der Waals surface area contributed by atoms with Gasteiger partial charge in [-0.1, -0.05) is 12.8 Å². The monoisotopic (exact) mass is 370 g/mol. The summed E-state index contributed by atoms with van der Waals surface area (Å²) in [6.07, 6.45) is 7.02. The molecule has 2 fully saturated rings. The Balaban J connectivity index is 0.00000225. The molecular formula is C17H31ClN6O. The molecule has 0 radical (unpaired) electrons. The smallest absolute Gasteiger partial charge is 0.243 e. The van der Waals surface area contributed by atoms with Crippen LogP contribution in [0.4, 0.5) is 5.95 Å². The van der Waals surface area contributed by atoms with Crippen LogP contribution in [0.25, 0.3) is 0 Å². The standard InChI is InChI=1S/C17H30N6O.ClH/c1-13(23-11-5-3-4-6-12-23)16(24)20-17-19-15(21-22(17)2)14-7-9-18-10-8-14;/h13-14,18H,3-12H2,1-2H3,(H,19,20,21,24);1H. The van der Waals surface area contributed by atoms with Gasteiger partial charge in [0, 0.05) is 13.0 Å². The topological polar surface area (TPSA) is 75.1 Å². The number of aryl methyl sites for hydroxylation is 1. The fraction of sp³-hybridized carbons (Fsp3) is 0.824. The van der Waals surface area contributed by atoms with Crippen molar-refractivity contribution < 1.29 is 4.79 Å². The van der Waals surface area contributed by atoms with Crippen LogP contribution in [0.15, 0.2) is 0 Å². The number of nitrogens with zero attached hydrogens (tertiary/aromatic N) is 4. The van der Waals surface area contributed by atoms with Gasteiger partial charge in [-0.25, -0.2) is 4.68 Å². The number of halogens is 1. The summed E-state index contributed by atoms with van der Waals surface area (Å²) < 4.78 is 1.70. The van der Waals surface area contributed by atoms with Crippen molar-refractivity contribution in [2.75, 3.05) is 31.5 Å². The van der Waals surface area contributed by atoms with Gasteiger partial charge in [0.2, 0.25) is 11.9 Å². The zero-order chi connectivity index (χ0) is 16.9. The second-order valence-electron chi connectivity index (χ2n) is 7.06. The van der Waals surface area contributed by atoms with Gasteiger partial charge in [-0.2, -0.15) is 10.1 Å². The molecule has 2 aliphatic heterocycles. The van der Waals surface area contributed by atoms with E-state index in [9.17, 15) is 4.79 Å². The fourth-order valence-corrected chi connectivity index (χ4v) is 3.63. The van der Waals surface area contributed by atoms with Gasteiger partial charge in [0.05, 0.1) is 6.04 Å². The third-order valence-electron chi connectivity index (χ3n) is 5.29. The lowest BCUT2D eigenvalue weighted by Gasteiger charge is -2.26. The van der Waals surface area contributed by atoms with Gasteiger partial charge >= 0.3 is 0 Å². The number of aromatic nitrogens is 3. The van der Waals surface area contributed by atoms with Crippen LogP contribution in [-0.2, 0) is 11.8 Å². The van der Waals surface area contributed by atoms with E-state index in [1.54, 1.807) is 4.68 Å². The van der Waals surface area contributed by atoms with E-state index in [1.807, 2.05) is 14.0 Å². The summed E-state index contributed by atoms with van der Waals surface area (Å²) in [7, 11) is 1.85. The van der Waals surface area contributed by atoms with Crippen LogP contribution in [0.1, 0.15) is 57.2 Å². The molecule has 1 amide bonds. The number of anilines is 1. The predicted molar refractivity (Wildman–Crippen MR) is 101 cm³/mol. The predicted octanol–water partition coefficient (Wildman–Crippen LogP) is 1.91. The number of amides is 1. The van der Waals surface area contributed by atoms with Crippen LogP contribution in [0.2, 0.25) is 0 Å². The Kier molecular flexibility index (Phi) is 7.65. The summed E-state index contributed by atoms with van der Waals surface area (Å²) in [6, 6.07) is -0.123. The highest BCUT2D eigenvalue weighted by Gasteiger charge is 2.25. The highest BCUT2D eigenvalue weighted by atomic mass is 35.5. The molecule has 1 aromatic heterocycles. The molecule has 0 spiro atoms. The number of hydrogen-bond acceptors (Lipinski definition) is 5. The Morgan fingerprint density at radius 1 is 1.20 bits per heavy atom. The molecule has 2 aliphatic rings. The number of carbonyl (C=O) groups is 1. The molecule has 7 nitrogen and oxygen atoms in total. The van der Waals surface area contributed by atoms with Crippen LogP contribution < -0.4 is 10.6 Å². The SMILES string of the molecule is CC(C(=O)Nc1nc(C2CCNCC2)nn1C)N1CCCCCC1.Cl. The molecule has 8 heteroatoms. The maximum absolute atomic E-state index is 12.6. The normalized spacial score (nSPS) is 21.2. The maximum Gasteiger partial charge on any atom is 0.243 e. The van der Waals surface area contributed by atoms with Gasteiger partial charge in [0.15, 0.2) is 5.82 Å². The molecule has 3 rings (SSSR count). The summed E-state index contributed by atoms with van der Waals surface area (Å²) in [5.74, 6) is 1.84. The number of carbonyl (C=O) groups excluding carboxylic acids is 1. The number of likely N-dealkylation sites (tertiary alicyclic amines) is 1. The highest BCUT2D eigenvalue weighted by Crippen LogP contribution is 2.23. The average Bonchev–Trinajstić information content (AvgIpc) is 2.80. The van der Waals surface area contributed by atoms with Crippen molar-refractivity contribution in [2.24, 2.45) is 7.05 Å². The second kappa shape index (κ2) is 9.50. The van der Waals surface area contributed by atoms with Gasteiger partial charge in [0.1, 0.15) is 0 Å². The van der Waals surface area contributed by atoms with E-state index in [0.717, 1.165) is 44.8 Å². The van der Waals surface area contributed by atoms with Crippen molar-refractivity contribution in [1.82, 2.24) is 25.0 Å². The molecular weight excluding hydrogens is 340 g/mol. The number of rotatable bonds is 4. The quantitative estimate of drug-likeness (QED) is 0.846. The third kappa shape index (κ3) is 5.15. The molecule has 0 bridgehead atoms. The highest BCUT2D eigenvalue weighted by molar-refractivity contribution is 5.93. The lowest BCUT2D eigenvalue weighted by Crippen LogP contribution is -2.42. The van der Waals surface area contributed by atoms with Gasteiger partial charge in [-0.05, 0) is 58.8 Å². The zero-order valence-corrected chi connectivity index (χ0v) is 16.1. The Morgan fingerprint density at radius 3 is 2.48 bits per heavy atom. The van der Waals surface area contributed by atoms with Crippen molar-refractivity contribution >= 4 is 24.3 Å². The molecule has 0 saturated carbocycles. The van der Waals surface area contributed by atoms with Gasteiger partial charge in [-0.3, -0.25) is 15.0 Å². The first kappa shape index (κ1) is 20.1. The zero-order valence-electron chi connectivity index (χ0n) is 15.3. The molecule has 1 unspecified atom stereocenters. The molecule has 1 atom stereocenters. The first-order valence-corrected chi connectivity index (χ1v) is 9.31. The lowest BCUT2D eigenvalue weighted by atomic mass is 9.98. The van der Waals surface area contributed by atoms with E-state index in [1.165, 1.54) is 25.7 Å². The van der Waals surface area contributed by atoms with Gasteiger partial charge in [0.25, 0.3) is 0 Å². The molecule has 0 aliphatic carbocycles. The molecule has 1 aromatic rings. The van der Waals surface area contributed by atoms with Crippen molar-refractivity contribution in [1.29, 1.82) is 0 Å². The van der Waals surface area contributed by atoms with E-state index in [2.05, 4.69) is 25.6 Å². The Labute approximate surface area is 156 Å². The largest absolute Gasteiger partial charge is 0.317 e. The van der Waals surface area contributed by atoms with Crippen molar-refractivity contribution in [3.8, 4) is 0 Å². The Bertz CT molecular complexity index is 549. The van der Waals surface area contributed by atoms with E-state index in [0.29, 0.717) is 11.9 Å². The molecule has 3 heterocycles. The van der Waals surface area contributed by atoms with Crippen LogP contribution in [-0.4, -0.2) is 57.8 Å². The molecule has 25 heavy (non-hydrogen) atoms. The Hall–Kier alpha value is -1.18. The van der Waals surface area contributed by atoms with Crippen LogP contribution in [0.3, 0.4) is 0 Å². The molecule has 2 saturated heterocycles. The van der Waals surface area contributed by atoms with Crippen LogP contribution in [0.5, 0.6) is 0 Å². The van der Waals surface area contributed by atoms with E-state index < -0.39 is 0 Å². The summed E-state index contributed by atoms with van der Waals surface area (Å²) in [6.45, 7) is 6.03. The number of nitrogens with one attached hydrogen (secondary N) is 2. The maximum atomic E-state index is 12.6. The summed E-state index contributed by atoms with van der Waals surface area (Å²) in [5, 5.41) is 10.9. The molecule has 142 valence electrons.